The number of nitrogens with one attached hydrogen (secondary N) is 1. The summed E-state index contributed by atoms with van der Waals surface area (Å²) in [5, 5.41) is 1.05. The fourth-order valence-electron chi connectivity index (χ4n) is 1.27. The van der Waals surface area contributed by atoms with E-state index >= 15 is 0 Å². The zero-order valence-corrected chi connectivity index (χ0v) is 7.58. The highest BCUT2D eigenvalue weighted by Gasteiger charge is 2.02. The van der Waals surface area contributed by atoms with Crippen LogP contribution in [0.2, 0.25) is 0 Å². The average molecular weight is 176 g/mol. The summed E-state index contributed by atoms with van der Waals surface area (Å²) >= 11 is 0. The van der Waals surface area contributed by atoms with Crippen molar-refractivity contribution in [2.75, 3.05) is 6.61 Å². The lowest BCUT2D eigenvalue weighted by Gasteiger charge is -2.03. The molecule has 0 aliphatic heterocycles. The molecule has 0 atom stereocenters. The molecule has 0 saturated heterocycles. The summed E-state index contributed by atoms with van der Waals surface area (Å²) in [7, 11) is 0. The van der Waals surface area contributed by atoms with Gasteiger partial charge in [-0.15, -0.1) is 0 Å². The van der Waals surface area contributed by atoms with Gasteiger partial charge >= 0.3 is 0 Å². The Morgan fingerprint density at radius 3 is 3.23 bits per heavy atom. The molecule has 0 aliphatic rings. The Kier molecular flexibility index (Phi) is 2.17. The molecule has 0 bridgehead atoms. The molecule has 3 heteroatoms. The zero-order valence-electron chi connectivity index (χ0n) is 7.58. The van der Waals surface area contributed by atoms with Gasteiger partial charge < -0.3 is 9.72 Å². The van der Waals surface area contributed by atoms with Gasteiger partial charge in [0.05, 0.1) is 17.5 Å². The molecule has 2 heterocycles. The first-order chi connectivity index (χ1) is 6.42. The Morgan fingerprint density at radius 2 is 2.38 bits per heavy atom. The van der Waals surface area contributed by atoms with Crippen LogP contribution in [0.5, 0.6) is 5.88 Å². The number of H-pyrrole nitrogens is 1. The Hall–Kier alpha value is -1.51. The van der Waals surface area contributed by atoms with Crippen LogP contribution < -0.4 is 4.74 Å². The van der Waals surface area contributed by atoms with Gasteiger partial charge in [0, 0.05) is 12.4 Å². The molecule has 0 spiro atoms. The third-order valence-corrected chi connectivity index (χ3v) is 1.89. The molecule has 0 unspecified atom stereocenters. The predicted octanol–water partition coefficient (Wildman–Crippen LogP) is 2.35. The molecule has 2 rings (SSSR count). The monoisotopic (exact) mass is 176 g/mol. The number of rotatable bonds is 3. The SMILES string of the molecule is CCCOc1nccc2[nH]ccc12. The van der Waals surface area contributed by atoms with Crippen molar-refractivity contribution >= 4 is 10.9 Å². The lowest BCUT2D eigenvalue weighted by molar-refractivity contribution is 0.309. The van der Waals surface area contributed by atoms with E-state index in [1.807, 2.05) is 18.3 Å². The lowest BCUT2D eigenvalue weighted by atomic mass is 10.3. The van der Waals surface area contributed by atoms with Crippen LogP contribution in [0, 0.1) is 0 Å². The second-order valence-corrected chi connectivity index (χ2v) is 2.90. The molecule has 0 amide bonds. The highest BCUT2D eigenvalue weighted by Crippen LogP contribution is 2.21. The second-order valence-electron chi connectivity index (χ2n) is 2.90. The molecule has 0 radical (unpaired) electrons. The van der Waals surface area contributed by atoms with Crippen molar-refractivity contribution in [3.63, 3.8) is 0 Å². The summed E-state index contributed by atoms with van der Waals surface area (Å²) in [6.45, 7) is 2.80. The van der Waals surface area contributed by atoms with Crippen molar-refractivity contribution < 1.29 is 4.74 Å². The third kappa shape index (κ3) is 1.49. The molecular weight excluding hydrogens is 164 g/mol. The van der Waals surface area contributed by atoms with Gasteiger partial charge in [0.15, 0.2) is 0 Å². The molecule has 2 aromatic heterocycles. The van der Waals surface area contributed by atoms with E-state index in [1.165, 1.54) is 0 Å². The van der Waals surface area contributed by atoms with Crippen LogP contribution in [0.15, 0.2) is 24.5 Å². The lowest BCUT2D eigenvalue weighted by Crippen LogP contribution is -1.96. The summed E-state index contributed by atoms with van der Waals surface area (Å²) < 4.78 is 5.50. The molecule has 68 valence electrons. The first kappa shape index (κ1) is 8.10. The van der Waals surface area contributed by atoms with Crippen LogP contribution in [0.3, 0.4) is 0 Å². The van der Waals surface area contributed by atoms with Gasteiger partial charge in [0.1, 0.15) is 0 Å². The molecule has 0 fully saturated rings. The standard InChI is InChI=1S/C10H12N2O/c1-2-7-13-10-8-3-5-11-9(8)4-6-12-10/h3-6,11H,2,7H2,1H3. The van der Waals surface area contributed by atoms with Crippen molar-refractivity contribution in [2.24, 2.45) is 0 Å². The van der Waals surface area contributed by atoms with E-state index in [4.69, 9.17) is 4.74 Å². The van der Waals surface area contributed by atoms with E-state index in [0.29, 0.717) is 0 Å². The first-order valence-corrected chi connectivity index (χ1v) is 4.46. The number of aromatic amines is 1. The largest absolute Gasteiger partial charge is 0.477 e. The van der Waals surface area contributed by atoms with E-state index in [1.54, 1.807) is 6.20 Å². The van der Waals surface area contributed by atoms with Crippen LogP contribution in [0.25, 0.3) is 10.9 Å². The maximum atomic E-state index is 5.50. The average Bonchev–Trinajstić information content (AvgIpc) is 2.62. The highest BCUT2D eigenvalue weighted by molar-refractivity contribution is 5.83. The maximum absolute atomic E-state index is 5.50. The van der Waals surface area contributed by atoms with E-state index in [0.717, 1.165) is 29.8 Å². The number of fused-ring (bicyclic) bond motifs is 1. The van der Waals surface area contributed by atoms with Gasteiger partial charge in [-0.05, 0) is 18.6 Å². The Labute approximate surface area is 76.8 Å². The van der Waals surface area contributed by atoms with Crippen molar-refractivity contribution in [2.45, 2.75) is 13.3 Å². The van der Waals surface area contributed by atoms with E-state index in [9.17, 15) is 0 Å². The zero-order chi connectivity index (χ0) is 9.10. The molecule has 0 saturated carbocycles. The molecule has 13 heavy (non-hydrogen) atoms. The Bertz CT molecular complexity index is 394. The van der Waals surface area contributed by atoms with Crippen molar-refractivity contribution in [3.05, 3.63) is 24.5 Å². The van der Waals surface area contributed by atoms with Crippen LogP contribution in [-0.2, 0) is 0 Å². The minimum absolute atomic E-state index is 0.720. The predicted molar refractivity (Wildman–Crippen MR) is 51.9 cm³/mol. The summed E-state index contributed by atoms with van der Waals surface area (Å²) in [5.74, 6) is 0.723. The van der Waals surface area contributed by atoms with Gasteiger partial charge in [-0.2, -0.15) is 0 Å². The molecule has 3 nitrogen and oxygen atoms in total. The number of pyridine rings is 1. The van der Waals surface area contributed by atoms with Gasteiger partial charge in [0.2, 0.25) is 5.88 Å². The number of hydrogen-bond acceptors (Lipinski definition) is 2. The fraction of sp³-hybridized carbons (Fsp3) is 0.300. The molecular formula is C10H12N2O. The number of ether oxygens (including phenoxy) is 1. The van der Waals surface area contributed by atoms with E-state index < -0.39 is 0 Å². The molecule has 0 aromatic carbocycles. The molecule has 0 aliphatic carbocycles. The van der Waals surface area contributed by atoms with Crippen LogP contribution in [0.1, 0.15) is 13.3 Å². The summed E-state index contributed by atoms with van der Waals surface area (Å²) in [6.07, 6.45) is 4.65. The molecule has 1 N–H and O–H groups in total. The minimum Gasteiger partial charge on any atom is -0.477 e. The minimum atomic E-state index is 0.720. The van der Waals surface area contributed by atoms with Crippen molar-refractivity contribution in [1.29, 1.82) is 0 Å². The van der Waals surface area contributed by atoms with Crippen molar-refractivity contribution in [3.8, 4) is 5.88 Å². The normalized spacial score (nSPS) is 10.5. The maximum Gasteiger partial charge on any atom is 0.222 e. The van der Waals surface area contributed by atoms with E-state index in [-0.39, 0.29) is 0 Å². The smallest absolute Gasteiger partial charge is 0.222 e. The highest BCUT2D eigenvalue weighted by atomic mass is 16.5. The quantitative estimate of drug-likeness (QED) is 0.779. The second kappa shape index (κ2) is 3.47. The van der Waals surface area contributed by atoms with Gasteiger partial charge in [0.25, 0.3) is 0 Å². The first-order valence-electron chi connectivity index (χ1n) is 4.46. The van der Waals surface area contributed by atoms with Crippen LogP contribution in [0.4, 0.5) is 0 Å². The van der Waals surface area contributed by atoms with E-state index in [2.05, 4.69) is 16.9 Å². The Morgan fingerprint density at radius 1 is 1.46 bits per heavy atom. The third-order valence-electron chi connectivity index (χ3n) is 1.89. The van der Waals surface area contributed by atoms with Crippen LogP contribution >= 0.6 is 0 Å². The molecule has 2 aromatic rings. The van der Waals surface area contributed by atoms with Gasteiger partial charge in [-0.3, -0.25) is 0 Å². The number of aromatic nitrogens is 2. The van der Waals surface area contributed by atoms with Gasteiger partial charge in [-0.1, -0.05) is 6.92 Å². The Balaban J connectivity index is 2.37. The van der Waals surface area contributed by atoms with Crippen molar-refractivity contribution in [1.82, 2.24) is 9.97 Å². The van der Waals surface area contributed by atoms with Crippen LogP contribution in [-0.4, -0.2) is 16.6 Å². The summed E-state index contributed by atoms with van der Waals surface area (Å²) in [5.41, 5.74) is 1.07. The number of nitrogens with zero attached hydrogens (tertiary/aromatic N) is 1. The summed E-state index contributed by atoms with van der Waals surface area (Å²) in [6, 6.07) is 3.92. The van der Waals surface area contributed by atoms with Gasteiger partial charge in [-0.25, -0.2) is 4.98 Å². The topological polar surface area (TPSA) is 37.9 Å². The fourth-order valence-corrected chi connectivity index (χ4v) is 1.27. The summed E-state index contributed by atoms with van der Waals surface area (Å²) in [4.78, 5) is 7.29. The number of hydrogen-bond donors (Lipinski definition) is 1.